The molecule has 0 aliphatic rings. The average Bonchev–Trinajstić information content (AvgIpc) is 2.80. The lowest BCUT2D eigenvalue weighted by atomic mass is 9.92. The molecule has 0 amide bonds. The molecule has 3 rings (SSSR count). The standard InChI is InChI=1S/C27H28N2OS/c1-22(30)31-21-27(26(18-28)17-23-11-5-2-6-12-23)29(19-24-13-7-3-8-14-24)20-25-15-9-4-10-16-25/h2-16,26-27H,17,19-21H2,1H3/t26-,27-/m0/s1. The van der Waals surface area contributed by atoms with Crippen LogP contribution in [0.15, 0.2) is 91.0 Å². The van der Waals surface area contributed by atoms with Crippen LogP contribution in [-0.2, 0) is 24.3 Å². The zero-order valence-electron chi connectivity index (χ0n) is 17.9. The van der Waals surface area contributed by atoms with Crippen molar-refractivity contribution in [1.29, 1.82) is 5.26 Å². The molecule has 0 unspecified atom stereocenters. The Morgan fingerprint density at radius 1 is 0.839 bits per heavy atom. The van der Waals surface area contributed by atoms with E-state index in [1.807, 2.05) is 54.6 Å². The van der Waals surface area contributed by atoms with Crippen molar-refractivity contribution in [2.75, 3.05) is 5.75 Å². The molecule has 0 aromatic heterocycles. The summed E-state index contributed by atoms with van der Waals surface area (Å²) in [4.78, 5) is 14.2. The van der Waals surface area contributed by atoms with Gasteiger partial charge in [0.05, 0.1) is 12.0 Å². The van der Waals surface area contributed by atoms with E-state index in [-0.39, 0.29) is 17.1 Å². The topological polar surface area (TPSA) is 44.1 Å². The van der Waals surface area contributed by atoms with Crippen molar-refractivity contribution in [2.45, 2.75) is 32.5 Å². The highest BCUT2D eigenvalue weighted by atomic mass is 32.2. The highest BCUT2D eigenvalue weighted by molar-refractivity contribution is 8.13. The van der Waals surface area contributed by atoms with Crippen LogP contribution in [-0.4, -0.2) is 21.8 Å². The van der Waals surface area contributed by atoms with E-state index < -0.39 is 0 Å². The number of benzene rings is 3. The predicted molar refractivity (Wildman–Crippen MR) is 128 cm³/mol. The van der Waals surface area contributed by atoms with Gasteiger partial charge >= 0.3 is 0 Å². The van der Waals surface area contributed by atoms with Crippen molar-refractivity contribution in [3.05, 3.63) is 108 Å². The Hall–Kier alpha value is -2.87. The van der Waals surface area contributed by atoms with Gasteiger partial charge in [0.2, 0.25) is 0 Å². The van der Waals surface area contributed by atoms with Crippen LogP contribution in [0.3, 0.4) is 0 Å². The molecule has 31 heavy (non-hydrogen) atoms. The Labute approximate surface area is 189 Å². The minimum Gasteiger partial charge on any atom is -0.290 e. The van der Waals surface area contributed by atoms with E-state index in [0.717, 1.165) is 18.7 Å². The molecule has 2 atom stereocenters. The van der Waals surface area contributed by atoms with E-state index >= 15 is 0 Å². The van der Waals surface area contributed by atoms with E-state index in [9.17, 15) is 10.1 Å². The van der Waals surface area contributed by atoms with Gasteiger partial charge in [0.1, 0.15) is 0 Å². The van der Waals surface area contributed by atoms with Crippen molar-refractivity contribution in [3.8, 4) is 6.07 Å². The number of carbonyl (C=O) groups excluding carboxylic acids is 1. The highest BCUT2D eigenvalue weighted by Crippen LogP contribution is 2.25. The summed E-state index contributed by atoms with van der Waals surface area (Å²) in [6, 6.07) is 33.3. The number of nitrogens with zero attached hydrogens (tertiary/aromatic N) is 2. The van der Waals surface area contributed by atoms with Crippen LogP contribution in [0.2, 0.25) is 0 Å². The van der Waals surface area contributed by atoms with Crippen molar-refractivity contribution in [1.82, 2.24) is 4.90 Å². The smallest absolute Gasteiger partial charge is 0.185 e. The molecule has 4 heteroatoms. The van der Waals surface area contributed by atoms with Crippen molar-refractivity contribution in [2.24, 2.45) is 5.92 Å². The van der Waals surface area contributed by atoms with E-state index in [4.69, 9.17) is 0 Å². The van der Waals surface area contributed by atoms with Gasteiger partial charge in [0.15, 0.2) is 5.12 Å². The molecule has 3 nitrogen and oxygen atoms in total. The van der Waals surface area contributed by atoms with Gasteiger partial charge in [-0.05, 0) is 23.1 Å². The Morgan fingerprint density at radius 3 is 1.71 bits per heavy atom. The summed E-state index contributed by atoms with van der Waals surface area (Å²) in [5.41, 5.74) is 3.55. The monoisotopic (exact) mass is 428 g/mol. The van der Waals surface area contributed by atoms with Crippen LogP contribution in [0.4, 0.5) is 0 Å². The lowest BCUT2D eigenvalue weighted by molar-refractivity contribution is -0.109. The summed E-state index contributed by atoms with van der Waals surface area (Å²) in [7, 11) is 0. The molecule has 0 bridgehead atoms. The normalized spacial score (nSPS) is 12.8. The van der Waals surface area contributed by atoms with Crippen LogP contribution in [0.1, 0.15) is 23.6 Å². The molecule has 3 aromatic carbocycles. The maximum absolute atomic E-state index is 11.8. The van der Waals surface area contributed by atoms with Gasteiger partial charge in [-0.15, -0.1) is 0 Å². The number of nitriles is 1. The molecule has 0 radical (unpaired) electrons. The maximum atomic E-state index is 11.8. The lowest BCUT2D eigenvalue weighted by Gasteiger charge is -2.34. The minimum absolute atomic E-state index is 0.0560. The second-order valence-corrected chi connectivity index (χ2v) is 8.87. The summed E-state index contributed by atoms with van der Waals surface area (Å²) in [5, 5.41) is 10.2. The van der Waals surface area contributed by atoms with E-state index in [2.05, 4.69) is 47.4 Å². The van der Waals surface area contributed by atoms with Crippen molar-refractivity contribution < 1.29 is 4.79 Å². The van der Waals surface area contributed by atoms with Crippen molar-refractivity contribution >= 4 is 16.9 Å². The van der Waals surface area contributed by atoms with Gasteiger partial charge in [-0.2, -0.15) is 5.26 Å². The molecule has 0 saturated carbocycles. The molecule has 0 saturated heterocycles. The fraction of sp³-hybridized carbons (Fsp3) is 0.259. The highest BCUT2D eigenvalue weighted by Gasteiger charge is 2.29. The summed E-state index contributed by atoms with van der Waals surface area (Å²) in [6.45, 7) is 3.05. The molecule has 0 aliphatic heterocycles. The fourth-order valence-corrected chi connectivity index (χ4v) is 4.59. The summed E-state index contributed by atoms with van der Waals surface area (Å²) in [5.74, 6) is 0.377. The average molecular weight is 429 g/mol. The zero-order valence-corrected chi connectivity index (χ0v) is 18.7. The van der Waals surface area contributed by atoms with Crippen LogP contribution in [0.5, 0.6) is 0 Å². The van der Waals surface area contributed by atoms with Crippen LogP contribution < -0.4 is 0 Å². The lowest BCUT2D eigenvalue weighted by Crippen LogP contribution is -2.42. The summed E-state index contributed by atoms with van der Waals surface area (Å²) in [6.07, 6.45) is 0.667. The Kier molecular flexibility index (Phi) is 8.90. The molecule has 0 heterocycles. The molecular formula is C27H28N2OS. The molecule has 0 spiro atoms. The Balaban J connectivity index is 1.91. The first-order chi connectivity index (χ1) is 15.2. The third-order valence-electron chi connectivity index (χ3n) is 5.31. The number of hydrogen-bond donors (Lipinski definition) is 0. The van der Waals surface area contributed by atoms with Crippen LogP contribution >= 0.6 is 11.8 Å². The first-order valence-corrected chi connectivity index (χ1v) is 11.5. The predicted octanol–water partition coefficient (Wildman–Crippen LogP) is 5.72. The molecule has 158 valence electrons. The van der Waals surface area contributed by atoms with E-state index in [0.29, 0.717) is 12.2 Å². The van der Waals surface area contributed by atoms with Gasteiger partial charge in [0.25, 0.3) is 0 Å². The first-order valence-electron chi connectivity index (χ1n) is 10.5. The van der Waals surface area contributed by atoms with Gasteiger partial charge in [-0.25, -0.2) is 0 Å². The largest absolute Gasteiger partial charge is 0.290 e. The second kappa shape index (κ2) is 12.1. The van der Waals surface area contributed by atoms with E-state index in [1.165, 1.54) is 22.9 Å². The van der Waals surface area contributed by atoms with Gasteiger partial charge in [0, 0.05) is 31.8 Å². The third-order valence-corrected chi connectivity index (χ3v) is 6.23. The SMILES string of the molecule is CC(=O)SC[C@@H]([C@H](C#N)Cc1ccccc1)N(Cc1ccccc1)Cc1ccccc1. The molecule has 0 aliphatic carbocycles. The summed E-state index contributed by atoms with van der Waals surface area (Å²) < 4.78 is 0. The Morgan fingerprint density at radius 2 is 1.29 bits per heavy atom. The molecule has 3 aromatic rings. The van der Waals surface area contributed by atoms with Gasteiger partial charge in [-0.1, -0.05) is 103 Å². The number of carbonyl (C=O) groups is 1. The van der Waals surface area contributed by atoms with Crippen LogP contribution in [0, 0.1) is 17.2 Å². The van der Waals surface area contributed by atoms with Gasteiger partial charge < -0.3 is 0 Å². The molecule has 0 fully saturated rings. The van der Waals surface area contributed by atoms with Crippen LogP contribution in [0.25, 0.3) is 0 Å². The third kappa shape index (κ3) is 7.40. The molecule has 0 N–H and O–H groups in total. The summed E-state index contributed by atoms with van der Waals surface area (Å²) >= 11 is 1.31. The Bertz CT molecular complexity index is 929. The van der Waals surface area contributed by atoms with Crippen molar-refractivity contribution in [3.63, 3.8) is 0 Å². The number of thioether (sulfide) groups is 1. The number of hydrogen-bond acceptors (Lipinski definition) is 4. The number of rotatable bonds is 10. The quantitative estimate of drug-likeness (QED) is 0.414. The first kappa shape index (κ1) is 22.8. The zero-order chi connectivity index (χ0) is 21.9. The second-order valence-electron chi connectivity index (χ2n) is 7.67. The van der Waals surface area contributed by atoms with E-state index in [1.54, 1.807) is 6.92 Å². The molecular weight excluding hydrogens is 400 g/mol. The maximum Gasteiger partial charge on any atom is 0.185 e. The minimum atomic E-state index is -0.221. The van der Waals surface area contributed by atoms with Gasteiger partial charge in [-0.3, -0.25) is 9.69 Å². The fourth-order valence-electron chi connectivity index (χ4n) is 3.74.